The van der Waals surface area contributed by atoms with Crippen molar-refractivity contribution in [3.63, 3.8) is 0 Å². The Labute approximate surface area is 129 Å². The molecule has 2 heterocycles. The summed E-state index contributed by atoms with van der Waals surface area (Å²) in [6, 6.07) is 0.183. The molecule has 22 heavy (non-hydrogen) atoms. The third kappa shape index (κ3) is 4.04. The molecule has 9 heteroatoms. The number of rotatable bonds is 5. The highest BCUT2D eigenvalue weighted by Gasteiger charge is 2.14. The molecule has 1 atom stereocenters. The van der Waals surface area contributed by atoms with E-state index in [9.17, 15) is 0 Å². The lowest BCUT2D eigenvalue weighted by atomic mass is 10.4. The monoisotopic (exact) mass is 307 g/mol. The summed E-state index contributed by atoms with van der Waals surface area (Å²) in [5.74, 6) is 1.38. The summed E-state index contributed by atoms with van der Waals surface area (Å²) >= 11 is 0. The first-order chi connectivity index (χ1) is 10.5. The van der Waals surface area contributed by atoms with Crippen molar-refractivity contribution < 1.29 is 9.47 Å². The Morgan fingerprint density at radius 1 is 1.09 bits per heavy atom. The van der Waals surface area contributed by atoms with E-state index in [2.05, 4.69) is 25.5 Å². The summed E-state index contributed by atoms with van der Waals surface area (Å²) in [5, 5.41) is 4.08. The van der Waals surface area contributed by atoms with Gasteiger partial charge in [0.1, 0.15) is 0 Å². The average molecular weight is 307 g/mol. The largest absolute Gasteiger partial charge is 0.404 e. The van der Waals surface area contributed by atoms with E-state index in [1.807, 2.05) is 41.2 Å². The Morgan fingerprint density at radius 3 is 2.18 bits per heavy atom. The number of hydrogen-bond donors (Lipinski definition) is 1. The van der Waals surface area contributed by atoms with Gasteiger partial charge in [0.05, 0.1) is 0 Å². The Bertz CT molecular complexity index is 545. The maximum atomic E-state index is 5.59. The molecule has 0 unspecified atom stereocenters. The Balaban J connectivity index is 2.14. The van der Waals surface area contributed by atoms with E-state index in [-0.39, 0.29) is 12.2 Å². The first kappa shape index (κ1) is 16.0. The molecule has 1 N–H and O–H groups in total. The molecule has 1 aromatic rings. The molecule has 9 nitrogen and oxygen atoms in total. The van der Waals surface area contributed by atoms with E-state index < -0.39 is 0 Å². The van der Waals surface area contributed by atoms with Crippen molar-refractivity contribution in [2.75, 3.05) is 44.6 Å². The van der Waals surface area contributed by atoms with E-state index in [0.29, 0.717) is 24.4 Å². The summed E-state index contributed by atoms with van der Waals surface area (Å²) in [4.78, 5) is 16.4. The molecule has 120 valence electrons. The molecular formula is C13H21N7O2. The lowest BCUT2D eigenvalue weighted by molar-refractivity contribution is 0.0715. The zero-order chi connectivity index (χ0) is 16.1. The molecular weight excluding hydrogens is 286 g/mol. The van der Waals surface area contributed by atoms with Gasteiger partial charge in [0.2, 0.25) is 17.8 Å². The minimum absolute atomic E-state index is 0.183. The van der Waals surface area contributed by atoms with Crippen LogP contribution in [0.25, 0.3) is 0 Å². The van der Waals surface area contributed by atoms with Crippen LogP contribution in [0.5, 0.6) is 6.01 Å². The predicted octanol–water partition coefficient (Wildman–Crippen LogP) is 0.218. The van der Waals surface area contributed by atoms with Gasteiger partial charge < -0.3 is 19.3 Å². The zero-order valence-electron chi connectivity index (χ0n) is 13.4. The number of hydrogen-bond acceptors (Lipinski definition) is 9. The van der Waals surface area contributed by atoms with Gasteiger partial charge >= 0.3 is 6.01 Å². The Morgan fingerprint density at radius 2 is 1.73 bits per heavy atom. The molecule has 0 spiro atoms. The highest BCUT2D eigenvalue weighted by Crippen LogP contribution is 2.15. The number of nitrogens with one attached hydrogen (secondary N) is 1. The number of nitrogens with zero attached hydrogens (tertiary/aromatic N) is 6. The van der Waals surface area contributed by atoms with Gasteiger partial charge in [-0.05, 0) is 13.0 Å². The predicted molar refractivity (Wildman–Crippen MR) is 84.2 cm³/mol. The van der Waals surface area contributed by atoms with Crippen molar-refractivity contribution in [3.8, 4) is 6.01 Å². The van der Waals surface area contributed by atoms with E-state index in [1.54, 1.807) is 15.9 Å². The third-order valence-corrected chi connectivity index (χ3v) is 2.65. The number of aromatic nitrogens is 3. The molecule has 2 rings (SSSR count). The van der Waals surface area contributed by atoms with Crippen LogP contribution >= 0.6 is 0 Å². The van der Waals surface area contributed by atoms with Crippen LogP contribution in [0.1, 0.15) is 6.92 Å². The fourth-order valence-corrected chi connectivity index (χ4v) is 1.58. The second-order valence-electron chi connectivity index (χ2n) is 4.92. The lowest BCUT2D eigenvalue weighted by Gasteiger charge is -2.18. The van der Waals surface area contributed by atoms with Gasteiger partial charge in [0.25, 0.3) is 0 Å². The van der Waals surface area contributed by atoms with Crippen LogP contribution in [0.4, 0.5) is 11.9 Å². The summed E-state index contributed by atoms with van der Waals surface area (Å²) < 4.78 is 11.0. The van der Waals surface area contributed by atoms with Gasteiger partial charge in [0, 0.05) is 40.9 Å². The normalized spacial score (nSPS) is 16.8. The van der Waals surface area contributed by atoms with E-state index in [0.717, 1.165) is 0 Å². The Hall–Kier alpha value is -2.42. The average Bonchev–Trinajstić information content (AvgIpc) is 2.49. The van der Waals surface area contributed by atoms with Crippen LogP contribution in [0.15, 0.2) is 17.3 Å². The van der Waals surface area contributed by atoms with Crippen molar-refractivity contribution in [1.82, 2.24) is 20.4 Å². The van der Waals surface area contributed by atoms with Crippen LogP contribution in [-0.2, 0) is 4.74 Å². The SMILES string of the molecule is CCO[C@@H]1C=CC(Oc2nc(N(C)C)nc(N(C)C)n2)=NN1. The summed E-state index contributed by atoms with van der Waals surface area (Å²) in [5.41, 5.74) is 2.83. The highest BCUT2D eigenvalue weighted by atomic mass is 16.5. The second kappa shape index (κ2) is 7.03. The summed E-state index contributed by atoms with van der Waals surface area (Å²) in [7, 11) is 7.41. The van der Waals surface area contributed by atoms with E-state index in [4.69, 9.17) is 9.47 Å². The third-order valence-electron chi connectivity index (χ3n) is 2.65. The minimum Gasteiger partial charge on any atom is -0.404 e. The molecule has 0 saturated carbocycles. The number of hydrazone groups is 1. The van der Waals surface area contributed by atoms with Gasteiger partial charge in [0.15, 0.2) is 6.23 Å². The molecule has 0 saturated heterocycles. The van der Waals surface area contributed by atoms with Gasteiger partial charge in [-0.3, -0.25) is 5.43 Å². The van der Waals surface area contributed by atoms with E-state index >= 15 is 0 Å². The van der Waals surface area contributed by atoms with Gasteiger partial charge in [-0.15, -0.1) is 5.10 Å². The minimum atomic E-state index is -0.245. The summed E-state index contributed by atoms with van der Waals surface area (Å²) in [6.07, 6.45) is 3.28. The van der Waals surface area contributed by atoms with Gasteiger partial charge in [-0.1, -0.05) is 0 Å². The molecule has 1 aliphatic heterocycles. The molecule has 0 aromatic carbocycles. The molecule has 0 bridgehead atoms. The maximum Gasteiger partial charge on any atom is 0.330 e. The first-order valence-electron chi connectivity index (χ1n) is 6.91. The molecule has 0 aliphatic carbocycles. The summed E-state index contributed by atoms with van der Waals surface area (Å²) in [6.45, 7) is 2.52. The fourth-order valence-electron chi connectivity index (χ4n) is 1.58. The van der Waals surface area contributed by atoms with Crippen molar-refractivity contribution in [1.29, 1.82) is 0 Å². The van der Waals surface area contributed by atoms with Crippen molar-refractivity contribution in [2.45, 2.75) is 13.2 Å². The second-order valence-corrected chi connectivity index (χ2v) is 4.92. The maximum absolute atomic E-state index is 5.59. The van der Waals surface area contributed by atoms with Crippen LogP contribution in [-0.4, -0.2) is 61.9 Å². The van der Waals surface area contributed by atoms with Crippen molar-refractivity contribution >= 4 is 17.8 Å². The Kier molecular flexibility index (Phi) is 5.10. The quantitative estimate of drug-likeness (QED) is 0.826. The first-order valence-corrected chi connectivity index (χ1v) is 6.91. The number of anilines is 2. The molecule has 1 aliphatic rings. The van der Waals surface area contributed by atoms with Gasteiger partial charge in [-0.2, -0.15) is 15.0 Å². The van der Waals surface area contributed by atoms with Crippen LogP contribution < -0.4 is 20.0 Å². The highest BCUT2D eigenvalue weighted by molar-refractivity contribution is 5.89. The smallest absolute Gasteiger partial charge is 0.330 e. The standard InChI is InChI=1S/C13H21N7O2/c1-6-21-9-7-8-10(18-17-9)22-13-15-11(19(2)3)14-12(16-13)20(4)5/h7-9,17H,6H2,1-5H3/t9-/m1/s1. The zero-order valence-corrected chi connectivity index (χ0v) is 13.4. The topological polar surface area (TPSA) is 88.0 Å². The van der Waals surface area contributed by atoms with Crippen LogP contribution in [0.3, 0.4) is 0 Å². The molecule has 0 fully saturated rings. The van der Waals surface area contributed by atoms with Gasteiger partial charge in [-0.25, -0.2) is 0 Å². The lowest BCUT2D eigenvalue weighted by Crippen LogP contribution is -2.31. The molecule has 1 aromatic heterocycles. The fraction of sp³-hybridized carbons (Fsp3) is 0.538. The molecule has 0 radical (unpaired) electrons. The van der Waals surface area contributed by atoms with Crippen LogP contribution in [0, 0.1) is 0 Å². The van der Waals surface area contributed by atoms with E-state index in [1.165, 1.54) is 0 Å². The number of ether oxygens (including phenoxy) is 2. The van der Waals surface area contributed by atoms with Crippen molar-refractivity contribution in [2.24, 2.45) is 5.10 Å². The van der Waals surface area contributed by atoms with Crippen LogP contribution in [0.2, 0.25) is 0 Å². The van der Waals surface area contributed by atoms with Crippen molar-refractivity contribution in [3.05, 3.63) is 12.2 Å². The molecule has 0 amide bonds.